The molecule has 49 heavy (non-hydrogen) atoms. The number of ether oxygens (including phenoxy) is 2. The van der Waals surface area contributed by atoms with E-state index in [4.69, 9.17) is 15.2 Å². The first-order chi connectivity index (χ1) is 23.7. The molecule has 260 valence electrons. The average molecular weight is 671 g/mol. The van der Waals surface area contributed by atoms with E-state index in [1.165, 1.54) is 21.5 Å². The summed E-state index contributed by atoms with van der Waals surface area (Å²) < 4.78 is 14.4. The molecule has 12 heteroatoms. The zero-order chi connectivity index (χ0) is 35.2. The molecule has 0 bridgehead atoms. The van der Waals surface area contributed by atoms with Crippen LogP contribution in [0.25, 0.3) is 0 Å². The summed E-state index contributed by atoms with van der Waals surface area (Å²) in [6.45, 7) is 4.34. The lowest BCUT2D eigenvalue weighted by molar-refractivity contribution is 0.0942. The fraction of sp³-hybridized carbons (Fsp3) is 0.351. The van der Waals surface area contributed by atoms with Crippen LogP contribution in [0.5, 0.6) is 11.5 Å². The molecule has 0 saturated carbocycles. The summed E-state index contributed by atoms with van der Waals surface area (Å²) in [6.07, 6.45) is 4.81. The Morgan fingerprint density at radius 3 is 1.57 bits per heavy atom. The Morgan fingerprint density at radius 1 is 0.735 bits per heavy atom. The van der Waals surface area contributed by atoms with Gasteiger partial charge in [-0.25, -0.2) is 0 Å². The molecule has 4 aromatic rings. The minimum atomic E-state index is -0.430. The Bertz CT molecular complexity index is 1670. The highest BCUT2D eigenvalue weighted by Gasteiger charge is 2.20. The van der Waals surface area contributed by atoms with Crippen LogP contribution >= 0.6 is 0 Å². The van der Waals surface area contributed by atoms with Gasteiger partial charge in [-0.1, -0.05) is 74.0 Å². The minimum absolute atomic E-state index is 0.0150. The Morgan fingerprint density at radius 2 is 1.16 bits per heavy atom. The summed E-state index contributed by atoms with van der Waals surface area (Å²) in [7, 11) is 3.21. The van der Waals surface area contributed by atoms with Crippen molar-refractivity contribution in [2.45, 2.75) is 39.0 Å². The summed E-state index contributed by atoms with van der Waals surface area (Å²) in [5.74, 6) is -0.890. The predicted molar refractivity (Wildman–Crippen MR) is 189 cm³/mol. The largest absolute Gasteiger partial charge is 0.482 e. The minimum Gasteiger partial charge on any atom is -0.482 e. The first-order valence-electron chi connectivity index (χ1n) is 16.4. The molecule has 2 aromatic heterocycles. The van der Waals surface area contributed by atoms with Crippen molar-refractivity contribution in [3.63, 3.8) is 0 Å². The summed E-state index contributed by atoms with van der Waals surface area (Å²) in [4.78, 5) is 54.4. The molecule has 0 aliphatic carbocycles. The number of aromatic nitrogens is 2. The quantitative estimate of drug-likeness (QED) is 0.146. The van der Waals surface area contributed by atoms with Crippen molar-refractivity contribution < 1.29 is 19.1 Å². The van der Waals surface area contributed by atoms with E-state index in [9.17, 15) is 19.2 Å². The highest BCUT2D eigenvalue weighted by molar-refractivity contribution is 5.97. The molecule has 2 amide bonds. The number of nitrogens with two attached hydrogens (primary N) is 1. The van der Waals surface area contributed by atoms with E-state index in [2.05, 4.69) is 22.5 Å². The van der Waals surface area contributed by atoms with E-state index >= 15 is 0 Å². The van der Waals surface area contributed by atoms with E-state index in [1.54, 1.807) is 26.2 Å². The third-order valence-electron chi connectivity index (χ3n) is 7.97. The van der Waals surface area contributed by atoms with Gasteiger partial charge in [0.15, 0.2) is 11.5 Å². The summed E-state index contributed by atoms with van der Waals surface area (Å²) in [6, 6.07) is 21.9. The number of carbonyl (C=O) groups excluding carboxylic acids is 2. The van der Waals surface area contributed by atoms with Gasteiger partial charge in [0.2, 0.25) is 0 Å². The molecule has 12 nitrogen and oxygen atoms in total. The zero-order valence-corrected chi connectivity index (χ0v) is 28.4. The van der Waals surface area contributed by atoms with Crippen molar-refractivity contribution in [2.24, 2.45) is 19.8 Å². The molecule has 0 aliphatic rings. The Labute approximate surface area is 286 Å². The van der Waals surface area contributed by atoms with Crippen LogP contribution in [0.2, 0.25) is 0 Å². The first kappa shape index (κ1) is 36.6. The fourth-order valence-electron chi connectivity index (χ4n) is 5.24. The molecule has 1 unspecified atom stereocenters. The lowest BCUT2D eigenvalue weighted by atomic mass is 10.1. The number of benzene rings is 2. The van der Waals surface area contributed by atoms with E-state index in [0.717, 1.165) is 24.0 Å². The summed E-state index contributed by atoms with van der Waals surface area (Å²) in [5.41, 5.74) is 7.61. The molecule has 2 heterocycles. The number of amides is 2. The normalized spacial score (nSPS) is 11.6. The van der Waals surface area contributed by atoms with Crippen molar-refractivity contribution >= 4 is 11.8 Å². The van der Waals surface area contributed by atoms with Crippen molar-refractivity contribution in [3.8, 4) is 11.5 Å². The summed E-state index contributed by atoms with van der Waals surface area (Å²) in [5, 5.41) is 5.80. The topological polar surface area (TPSA) is 150 Å². The molecular formula is C37H46N6O6. The third-order valence-corrected chi connectivity index (χ3v) is 7.97. The lowest BCUT2D eigenvalue weighted by Crippen LogP contribution is -2.45. The van der Waals surface area contributed by atoms with Gasteiger partial charge >= 0.3 is 0 Å². The smallest absolute Gasteiger partial charge is 0.293 e. The number of nitrogens with one attached hydrogen (secondary N) is 2. The molecular weight excluding hydrogens is 624 g/mol. The highest BCUT2D eigenvalue weighted by Crippen LogP contribution is 2.16. The van der Waals surface area contributed by atoms with Gasteiger partial charge in [0.05, 0.1) is 11.1 Å². The molecule has 2 aromatic carbocycles. The second-order valence-corrected chi connectivity index (χ2v) is 11.9. The van der Waals surface area contributed by atoms with Crippen LogP contribution in [0.3, 0.4) is 0 Å². The molecule has 4 rings (SSSR count). The predicted octanol–water partition coefficient (Wildman–Crippen LogP) is 2.83. The number of nitrogens with zero attached hydrogens (tertiary/aromatic N) is 3. The van der Waals surface area contributed by atoms with Gasteiger partial charge < -0.3 is 35.0 Å². The van der Waals surface area contributed by atoms with Gasteiger partial charge in [-0.3, -0.25) is 24.1 Å². The van der Waals surface area contributed by atoms with Crippen LogP contribution < -0.4 is 37.0 Å². The maximum Gasteiger partial charge on any atom is 0.293 e. The monoisotopic (exact) mass is 670 g/mol. The van der Waals surface area contributed by atoms with Crippen molar-refractivity contribution in [3.05, 3.63) is 128 Å². The van der Waals surface area contributed by atoms with Crippen LogP contribution in [0.4, 0.5) is 0 Å². The number of rotatable bonds is 18. The van der Waals surface area contributed by atoms with Crippen molar-refractivity contribution in [1.29, 1.82) is 0 Å². The van der Waals surface area contributed by atoms with Gasteiger partial charge in [0.25, 0.3) is 22.9 Å². The van der Waals surface area contributed by atoms with E-state index in [-0.39, 0.29) is 55.0 Å². The van der Waals surface area contributed by atoms with Crippen LogP contribution in [0, 0.1) is 0 Å². The Kier molecular flexibility index (Phi) is 13.7. The van der Waals surface area contributed by atoms with E-state index in [0.29, 0.717) is 19.6 Å². The Hall–Kier alpha value is -5.20. The van der Waals surface area contributed by atoms with E-state index in [1.807, 2.05) is 60.7 Å². The number of hydrogen-bond donors (Lipinski definition) is 3. The maximum absolute atomic E-state index is 13.3. The molecule has 0 spiro atoms. The van der Waals surface area contributed by atoms with E-state index < -0.39 is 22.9 Å². The van der Waals surface area contributed by atoms with Gasteiger partial charge in [0.1, 0.15) is 13.2 Å². The van der Waals surface area contributed by atoms with Gasteiger partial charge in [-0.2, -0.15) is 0 Å². The third kappa shape index (κ3) is 10.6. The van der Waals surface area contributed by atoms with Gasteiger partial charge in [-0.05, 0) is 29.7 Å². The second kappa shape index (κ2) is 18.4. The highest BCUT2D eigenvalue weighted by atomic mass is 16.5. The average Bonchev–Trinajstić information content (AvgIpc) is 3.10. The summed E-state index contributed by atoms with van der Waals surface area (Å²) >= 11 is 0. The number of hydrogen-bond acceptors (Lipinski definition) is 8. The maximum atomic E-state index is 13.3. The van der Waals surface area contributed by atoms with Crippen LogP contribution in [0.15, 0.2) is 94.8 Å². The SMILES string of the molecule is CCCC(N)CN(CCNC(=O)c1ccn(C)c(=O)c1OCc1ccccc1)CCNC(=O)c1ccn(C)c(=O)c1OCc1ccccc1. The first-order valence-corrected chi connectivity index (χ1v) is 16.4. The number of pyridine rings is 2. The van der Waals surface area contributed by atoms with Crippen LogP contribution in [-0.4, -0.2) is 64.6 Å². The molecule has 0 saturated heterocycles. The zero-order valence-electron chi connectivity index (χ0n) is 28.4. The molecule has 0 radical (unpaired) electrons. The fourth-order valence-corrected chi connectivity index (χ4v) is 5.24. The standard InChI is InChI=1S/C37H46N6O6/c1-4-11-29(38)24-43(22-18-39-34(44)30-16-20-41(2)36(46)32(30)48-25-27-12-7-5-8-13-27)23-19-40-35(45)31-17-21-42(3)37(47)33(31)49-26-28-14-9-6-10-15-28/h5-10,12-17,20-21,29H,4,11,18-19,22-26,38H2,1-3H3,(H,39,44)(H,40,45). The van der Waals surface area contributed by atoms with Gasteiger partial charge in [0, 0.05) is 65.3 Å². The van der Waals surface area contributed by atoms with Crippen molar-refractivity contribution in [2.75, 3.05) is 32.7 Å². The van der Waals surface area contributed by atoms with Crippen molar-refractivity contribution in [1.82, 2.24) is 24.7 Å². The molecule has 0 fully saturated rings. The van der Waals surface area contributed by atoms with Crippen LogP contribution in [-0.2, 0) is 27.3 Å². The lowest BCUT2D eigenvalue weighted by Gasteiger charge is -2.26. The molecule has 0 aliphatic heterocycles. The Balaban J connectivity index is 1.37. The molecule has 1 atom stereocenters. The number of aryl methyl sites for hydroxylation is 2. The number of carbonyl (C=O) groups is 2. The second-order valence-electron chi connectivity index (χ2n) is 11.9. The molecule has 4 N–H and O–H groups in total. The van der Waals surface area contributed by atoms with Gasteiger partial charge in [-0.15, -0.1) is 0 Å². The van der Waals surface area contributed by atoms with Crippen LogP contribution in [0.1, 0.15) is 51.6 Å².